The lowest BCUT2D eigenvalue weighted by atomic mass is 10.1. The third-order valence-electron chi connectivity index (χ3n) is 3.36. The first-order valence-electron chi connectivity index (χ1n) is 8.16. The van der Waals surface area contributed by atoms with E-state index in [1.54, 1.807) is 36.4 Å². The molecule has 134 valence electrons. The highest BCUT2D eigenvalue weighted by Gasteiger charge is 2.14. The number of amides is 1. The Morgan fingerprint density at radius 3 is 2.42 bits per heavy atom. The normalized spacial score (nSPS) is 10.8. The van der Waals surface area contributed by atoms with Gasteiger partial charge in [0.05, 0.1) is 18.2 Å². The maximum absolute atomic E-state index is 12.4. The van der Waals surface area contributed by atoms with Crippen LogP contribution in [0.4, 0.5) is 5.69 Å². The molecule has 2 rings (SSSR count). The molecular formula is C20H19ClN2O3. The molecule has 0 radical (unpaired) electrons. The number of anilines is 1. The quantitative estimate of drug-likeness (QED) is 0.567. The van der Waals surface area contributed by atoms with Crippen LogP contribution < -0.4 is 14.8 Å². The fourth-order valence-corrected chi connectivity index (χ4v) is 2.46. The predicted molar refractivity (Wildman–Crippen MR) is 102 cm³/mol. The van der Waals surface area contributed by atoms with Crippen LogP contribution in [0, 0.1) is 11.3 Å². The molecule has 0 spiro atoms. The summed E-state index contributed by atoms with van der Waals surface area (Å²) < 4.78 is 11.1. The molecule has 0 aliphatic heterocycles. The second kappa shape index (κ2) is 9.50. The molecule has 0 fully saturated rings. The molecule has 0 aliphatic rings. The van der Waals surface area contributed by atoms with Crippen LogP contribution in [0.25, 0.3) is 6.08 Å². The zero-order chi connectivity index (χ0) is 18.9. The second-order valence-corrected chi connectivity index (χ2v) is 5.58. The van der Waals surface area contributed by atoms with Crippen molar-refractivity contribution in [3.8, 4) is 17.6 Å². The molecule has 2 aromatic rings. The van der Waals surface area contributed by atoms with Crippen molar-refractivity contribution in [1.82, 2.24) is 0 Å². The number of nitrogens with zero attached hydrogens (tertiary/aromatic N) is 1. The average molecular weight is 371 g/mol. The summed E-state index contributed by atoms with van der Waals surface area (Å²) in [5.74, 6) is 0.466. The van der Waals surface area contributed by atoms with Gasteiger partial charge in [-0.2, -0.15) is 5.26 Å². The number of carbonyl (C=O) groups excluding carboxylic acids is 1. The van der Waals surface area contributed by atoms with Crippen LogP contribution in [-0.2, 0) is 4.79 Å². The fraction of sp³-hybridized carbons (Fsp3) is 0.200. The summed E-state index contributed by atoms with van der Waals surface area (Å²) in [5, 5.41) is 12.4. The summed E-state index contributed by atoms with van der Waals surface area (Å²) in [6.07, 6.45) is 1.45. The van der Waals surface area contributed by atoms with Crippen molar-refractivity contribution in [1.29, 1.82) is 5.26 Å². The fourth-order valence-electron chi connectivity index (χ4n) is 2.23. The van der Waals surface area contributed by atoms with Gasteiger partial charge in [0.1, 0.15) is 23.1 Å². The summed E-state index contributed by atoms with van der Waals surface area (Å²) in [5.41, 5.74) is 1.07. The molecule has 0 saturated heterocycles. The van der Waals surface area contributed by atoms with Gasteiger partial charge in [0.2, 0.25) is 0 Å². The highest BCUT2D eigenvalue weighted by Crippen LogP contribution is 2.34. The van der Waals surface area contributed by atoms with Gasteiger partial charge in [-0.05, 0) is 38.1 Å². The maximum Gasteiger partial charge on any atom is 0.266 e. The number of halogens is 1. The van der Waals surface area contributed by atoms with Gasteiger partial charge >= 0.3 is 0 Å². The summed E-state index contributed by atoms with van der Waals surface area (Å²) in [6, 6.07) is 14.1. The lowest BCUT2D eigenvalue weighted by molar-refractivity contribution is -0.112. The monoisotopic (exact) mass is 370 g/mol. The Morgan fingerprint density at radius 1 is 1.15 bits per heavy atom. The second-order valence-electron chi connectivity index (χ2n) is 5.18. The Balaban J connectivity index is 2.36. The first-order chi connectivity index (χ1) is 12.6. The Bertz CT molecular complexity index is 842. The zero-order valence-corrected chi connectivity index (χ0v) is 15.3. The van der Waals surface area contributed by atoms with E-state index in [0.717, 1.165) is 0 Å². The van der Waals surface area contributed by atoms with E-state index in [4.69, 9.17) is 21.1 Å². The van der Waals surface area contributed by atoms with Crippen LogP contribution in [0.5, 0.6) is 11.5 Å². The molecule has 0 unspecified atom stereocenters. The summed E-state index contributed by atoms with van der Waals surface area (Å²) in [4.78, 5) is 12.4. The Morgan fingerprint density at radius 2 is 1.81 bits per heavy atom. The molecule has 1 N–H and O–H groups in total. The van der Waals surface area contributed by atoms with Crippen LogP contribution in [0.3, 0.4) is 0 Å². The van der Waals surface area contributed by atoms with Gasteiger partial charge < -0.3 is 14.8 Å². The lowest BCUT2D eigenvalue weighted by Crippen LogP contribution is -2.13. The highest BCUT2D eigenvalue weighted by atomic mass is 35.5. The maximum atomic E-state index is 12.4. The molecule has 5 nitrogen and oxygen atoms in total. The largest absolute Gasteiger partial charge is 0.493 e. The minimum atomic E-state index is -0.508. The van der Waals surface area contributed by atoms with E-state index in [9.17, 15) is 10.1 Å². The van der Waals surface area contributed by atoms with E-state index >= 15 is 0 Å². The van der Waals surface area contributed by atoms with Crippen LogP contribution >= 0.6 is 11.6 Å². The molecule has 1 amide bonds. The molecule has 0 aliphatic carbocycles. The lowest BCUT2D eigenvalue weighted by Gasteiger charge is -2.12. The highest BCUT2D eigenvalue weighted by molar-refractivity contribution is 6.32. The topological polar surface area (TPSA) is 71.3 Å². The predicted octanol–water partition coefficient (Wildman–Crippen LogP) is 4.68. The summed E-state index contributed by atoms with van der Waals surface area (Å²) in [7, 11) is 0. The van der Waals surface area contributed by atoms with Crippen molar-refractivity contribution in [2.45, 2.75) is 13.8 Å². The van der Waals surface area contributed by atoms with Gasteiger partial charge in [0.15, 0.2) is 0 Å². The van der Waals surface area contributed by atoms with E-state index in [1.165, 1.54) is 6.08 Å². The Hall–Kier alpha value is -2.97. The van der Waals surface area contributed by atoms with Crippen LogP contribution in [0.1, 0.15) is 19.4 Å². The zero-order valence-electron chi connectivity index (χ0n) is 14.6. The molecule has 0 atom stereocenters. The van der Waals surface area contributed by atoms with Crippen LogP contribution in [0.15, 0.2) is 48.0 Å². The van der Waals surface area contributed by atoms with Gasteiger partial charge in [0.25, 0.3) is 5.91 Å². The molecule has 0 heterocycles. The van der Waals surface area contributed by atoms with Crippen molar-refractivity contribution in [3.63, 3.8) is 0 Å². The number of hydrogen-bond donors (Lipinski definition) is 1. The number of nitrogens with one attached hydrogen (secondary N) is 1. The number of nitriles is 1. The minimum Gasteiger partial charge on any atom is -0.493 e. The molecule has 0 aromatic heterocycles. The van der Waals surface area contributed by atoms with E-state index < -0.39 is 5.91 Å². The van der Waals surface area contributed by atoms with Gasteiger partial charge in [0, 0.05) is 17.3 Å². The molecule has 0 saturated carbocycles. The van der Waals surface area contributed by atoms with E-state index in [0.29, 0.717) is 41.0 Å². The van der Waals surface area contributed by atoms with Gasteiger partial charge in [-0.25, -0.2) is 0 Å². The standard InChI is InChI=1S/C20H19ClN2O3/c1-3-25-18-12-19(26-4-2)17(21)11-14(18)10-15(13-22)20(24)23-16-8-6-5-7-9-16/h5-12H,3-4H2,1-2H3,(H,23,24)/b15-10+. The molecule has 0 bridgehead atoms. The number of benzene rings is 2. The van der Waals surface area contributed by atoms with Crippen molar-refractivity contribution < 1.29 is 14.3 Å². The van der Waals surface area contributed by atoms with E-state index in [-0.39, 0.29) is 5.57 Å². The number of para-hydroxylation sites is 1. The number of rotatable bonds is 7. The third kappa shape index (κ3) is 5.01. The van der Waals surface area contributed by atoms with Gasteiger partial charge in [-0.3, -0.25) is 4.79 Å². The number of ether oxygens (including phenoxy) is 2. The summed E-state index contributed by atoms with van der Waals surface area (Å²) >= 11 is 6.22. The SMILES string of the molecule is CCOc1cc(OCC)c(/C=C(\C#N)C(=O)Nc2ccccc2)cc1Cl. The van der Waals surface area contributed by atoms with Crippen molar-refractivity contribution >= 4 is 29.3 Å². The first kappa shape index (κ1) is 19.4. The third-order valence-corrected chi connectivity index (χ3v) is 3.66. The molecule has 6 heteroatoms. The molecule has 26 heavy (non-hydrogen) atoms. The minimum absolute atomic E-state index is 0.0602. The van der Waals surface area contributed by atoms with Crippen LogP contribution in [0.2, 0.25) is 5.02 Å². The number of carbonyl (C=O) groups is 1. The van der Waals surface area contributed by atoms with Crippen molar-refractivity contribution in [2.24, 2.45) is 0 Å². The van der Waals surface area contributed by atoms with Gasteiger partial charge in [-0.1, -0.05) is 29.8 Å². The molecular weight excluding hydrogens is 352 g/mol. The van der Waals surface area contributed by atoms with Crippen molar-refractivity contribution in [2.75, 3.05) is 18.5 Å². The van der Waals surface area contributed by atoms with E-state index in [2.05, 4.69) is 5.32 Å². The van der Waals surface area contributed by atoms with Crippen molar-refractivity contribution in [3.05, 3.63) is 58.6 Å². The first-order valence-corrected chi connectivity index (χ1v) is 8.54. The Kier molecular flexibility index (Phi) is 7.07. The average Bonchev–Trinajstić information content (AvgIpc) is 2.64. The smallest absolute Gasteiger partial charge is 0.266 e. The number of hydrogen-bond acceptors (Lipinski definition) is 4. The summed E-state index contributed by atoms with van der Waals surface area (Å²) in [6.45, 7) is 4.58. The van der Waals surface area contributed by atoms with Crippen LogP contribution in [-0.4, -0.2) is 19.1 Å². The van der Waals surface area contributed by atoms with Gasteiger partial charge in [-0.15, -0.1) is 0 Å². The van der Waals surface area contributed by atoms with E-state index in [1.807, 2.05) is 26.0 Å². The Labute approximate surface area is 157 Å². The molecule has 2 aromatic carbocycles.